The van der Waals surface area contributed by atoms with Crippen molar-refractivity contribution >= 4 is 0 Å². The average Bonchev–Trinajstić information content (AvgIpc) is 2.75. The van der Waals surface area contributed by atoms with Crippen LogP contribution in [0.25, 0.3) is 0 Å². The van der Waals surface area contributed by atoms with Crippen molar-refractivity contribution in [2.45, 2.75) is 63.8 Å². The zero-order valence-corrected chi connectivity index (χ0v) is 8.67. The van der Waals surface area contributed by atoms with Gasteiger partial charge < -0.3 is 5.73 Å². The first kappa shape index (κ1) is 9.51. The van der Waals surface area contributed by atoms with E-state index in [1.54, 1.807) is 0 Å². The molecule has 2 saturated carbocycles. The zero-order valence-electron chi connectivity index (χ0n) is 8.67. The molecule has 0 aromatic carbocycles. The molecule has 0 heterocycles. The number of rotatable bonds is 0. The third-order valence-corrected chi connectivity index (χ3v) is 3.97. The predicted octanol–water partition coefficient (Wildman–Crippen LogP) is 3.08. The normalized spacial score (nSPS) is 41.8. The van der Waals surface area contributed by atoms with Gasteiger partial charge in [0.2, 0.25) is 0 Å². The Kier molecular flexibility index (Phi) is 3.26. The molecule has 0 amide bonds. The van der Waals surface area contributed by atoms with Gasteiger partial charge in [0.1, 0.15) is 0 Å². The zero-order chi connectivity index (χ0) is 9.10. The molecule has 0 radical (unpaired) electrons. The maximum atomic E-state index is 6.05. The Morgan fingerprint density at radius 3 is 1.46 bits per heavy atom. The topological polar surface area (TPSA) is 26.0 Å². The SMILES string of the molecule is NC1C2CCCCCCCCCC12. The largest absolute Gasteiger partial charge is 0.327 e. The van der Waals surface area contributed by atoms with Crippen LogP contribution in [0.3, 0.4) is 0 Å². The second-order valence-electron chi connectivity index (χ2n) is 4.96. The standard InChI is InChI=1S/C12H23N/c13-12-10-8-6-4-2-1-3-5-7-9-11(10)12/h10-12H,1-9,13H2. The van der Waals surface area contributed by atoms with Gasteiger partial charge in [0.25, 0.3) is 0 Å². The summed E-state index contributed by atoms with van der Waals surface area (Å²) in [5.74, 6) is 1.83. The van der Waals surface area contributed by atoms with Crippen molar-refractivity contribution in [3.8, 4) is 0 Å². The van der Waals surface area contributed by atoms with Gasteiger partial charge in [-0.3, -0.25) is 0 Å². The van der Waals surface area contributed by atoms with E-state index in [4.69, 9.17) is 5.73 Å². The molecule has 0 aromatic heterocycles. The molecule has 1 heteroatoms. The molecule has 1 nitrogen and oxygen atoms in total. The summed E-state index contributed by atoms with van der Waals surface area (Å²) in [6, 6.07) is 0.583. The third kappa shape index (κ3) is 2.46. The molecular weight excluding hydrogens is 158 g/mol. The highest BCUT2D eigenvalue weighted by Gasteiger charge is 2.45. The lowest BCUT2D eigenvalue weighted by molar-refractivity contribution is 0.559. The summed E-state index contributed by atoms with van der Waals surface area (Å²) >= 11 is 0. The summed E-state index contributed by atoms with van der Waals surface area (Å²) in [5.41, 5.74) is 6.05. The van der Waals surface area contributed by atoms with Crippen LogP contribution in [0.1, 0.15) is 57.8 Å². The second kappa shape index (κ2) is 4.45. The number of hydrogen-bond acceptors (Lipinski definition) is 1. The molecule has 0 saturated heterocycles. The van der Waals surface area contributed by atoms with E-state index in [0.29, 0.717) is 6.04 Å². The van der Waals surface area contributed by atoms with Crippen molar-refractivity contribution in [1.29, 1.82) is 0 Å². The number of fused-ring (bicyclic) bond motifs is 1. The summed E-state index contributed by atoms with van der Waals surface area (Å²) in [6.45, 7) is 0. The highest BCUT2D eigenvalue weighted by Crippen LogP contribution is 2.44. The van der Waals surface area contributed by atoms with Crippen molar-refractivity contribution in [2.24, 2.45) is 17.6 Å². The van der Waals surface area contributed by atoms with E-state index in [2.05, 4.69) is 0 Å². The minimum absolute atomic E-state index is 0.583. The fourth-order valence-corrected chi connectivity index (χ4v) is 2.93. The highest BCUT2D eigenvalue weighted by molar-refractivity contribution is 5.00. The first-order valence-corrected chi connectivity index (χ1v) is 6.15. The maximum absolute atomic E-state index is 6.05. The first-order valence-electron chi connectivity index (χ1n) is 6.15. The van der Waals surface area contributed by atoms with Crippen molar-refractivity contribution in [2.75, 3.05) is 0 Å². The Balaban J connectivity index is 1.75. The number of nitrogens with two attached hydrogens (primary N) is 1. The molecule has 0 bridgehead atoms. The van der Waals surface area contributed by atoms with Gasteiger partial charge in [0.15, 0.2) is 0 Å². The Bertz CT molecular complexity index is 139. The predicted molar refractivity (Wildman–Crippen MR) is 56.5 cm³/mol. The van der Waals surface area contributed by atoms with Crippen LogP contribution in [0.4, 0.5) is 0 Å². The van der Waals surface area contributed by atoms with Gasteiger partial charge >= 0.3 is 0 Å². The molecule has 0 aliphatic heterocycles. The molecule has 2 aliphatic carbocycles. The lowest BCUT2D eigenvalue weighted by Gasteiger charge is -2.00. The van der Waals surface area contributed by atoms with Crippen LogP contribution >= 0.6 is 0 Å². The molecule has 2 fully saturated rings. The molecule has 2 unspecified atom stereocenters. The Hall–Kier alpha value is -0.0400. The van der Waals surface area contributed by atoms with Crippen molar-refractivity contribution in [3.05, 3.63) is 0 Å². The molecular formula is C12H23N. The van der Waals surface area contributed by atoms with Crippen molar-refractivity contribution in [1.82, 2.24) is 0 Å². The molecule has 0 spiro atoms. The fourth-order valence-electron chi connectivity index (χ4n) is 2.93. The van der Waals surface area contributed by atoms with Crippen LogP contribution in [-0.4, -0.2) is 6.04 Å². The highest BCUT2D eigenvalue weighted by atomic mass is 14.8. The minimum Gasteiger partial charge on any atom is -0.327 e. The summed E-state index contributed by atoms with van der Waals surface area (Å²) < 4.78 is 0. The van der Waals surface area contributed by atoms with Crippen LogP contribution < -0.4 is 5.73 Å². The van der Waals surface area contributed by atoms with Crippen LogP contribution in [0.5, 0.6) is 0 Å². The van der Waals surface area contributed by atoms with Crippen LogP contribution in [0.15, 0.2) is 0 Å². The van der Waals surface area contributed by atoms with Crippen LogP contribution in [-0.2, 0) is 0 Å². The quantitative estimate of drug-likeness (QED) is 0.610. The summed E-state index contributed by atoms with van der Waals surface area (Å²) in [4.78, 5) is 0. The number of hydrogen-bond donors (Lipinski definition) is 1. The van der Waals surface area contributed by atoms with Gasteiger partial charge in [-0.1, -0.05) is 44.9 Å². The van der Waals surface area contributed by atoms with E-state index in [-0.39, 0.29) is 0 Å². The molecule has 2 N–H and O–H groups in total. The lowest BCUT2D eigenvalue weighted by atomic mass is 10.1. The van der Waals surface area contributed by atoms with Gasteiger partial charge in [0, 0.05) is 6.04 Å². The van der Waals surface area contributed by atoms with Gasteiger partial charge in [-0.05, 0) is 24.7 Å². The minimum atomic E-state index is 0.583. The fraction of sp³-hybridized carbons (Fsp3) is 1.00. The van der Waals surface area contributed by atoms with Crippen molar-refractivity contribution in [3.63, 3.8) is 0 Å². The van der Waals surface area contributed by atoms with E-state index >= 15 is 0 Å². The van der Waals surface area contributed by atoms with Gasteiger partial charge in [0.05, 0.1) is 0 Å². The van der Waals surface area contributed by atoms with Gasteiger partial charge in [-0.15, -0.1) is 0 Å². The first-order chi connectivity index (χ1) is 6.39. The van der Waals surface area contributed by atoms with Crippen LogP contribution in [0, 0.1) is 11.8 Å². The molecule has 2 rings (SSSR count). The smallest absolute Gasteiger partial charge is 0.0102 e. The Morgan fingerprint density at radius 1 is 0.615 bits per heavy atom. The van der Waals surface area contributed by atoms with E-state index in [0.717, 1.165) is 11.8 Å². The Labute approximate surface area is 82.1 Å². The molecule has 13 heavy (non-hydrogen) atoms. The van der Waals surface area contributed by atoms with E-state index < -0.39 is 0 Å². The van der Waals surface area contributed by atoms with Gasteiger partial charge in [-0.2, -0.15) is 0 Å². The summed E-state index contributed by atoms with van der Waals surface area (Å²) in [7, 11) is 0. The lowest BCUT2D eigenvalue weighted by Crippen LogP contribution is -2.03. The molecule has 0 aromatic rings. The van der Waals surface area contributed by atoms with E-state index in [1.807, 2.05) is 0 Å². The van der Waals surface area contributed by atoms with Gasteiger partial charge in [-0.25, -0.2) is 0 Å². The maximum Gasteiger partial charge on any atom is 0.0102 e. The monoisotopic (exact) mass is 181 g/mol. The molecule has 2 atom stereocenters. The Morgan fingerprint density at radius 2 is 1.00 bits per heavy atom. The van der Waals surface area contributed by atoms with E-state index in [9.17, 15) is 0 Å². The summed E-state index contributed by atoms with van der Waals surface area (Å²) in [5, 5.41) is 0. The molecule has 76 valence electrons. The summed E-state index contributed by atoms with van der Waals surface area (Å²) in [6.07, 6.45) is 13.0. The van der Waals surface area contributed by atoms with Crippen molar-refractivity contribution < 1.29 is 0 Å². The van der Waals surface area contributed by atoms with E-state index in [1.165, 1.54) is 57.8 Å². The third-order valence-electron chi connectivity index (χ3n) is 3.97. The average molecular weight is 181 g/mol. The second-order valence-corrected chi connectivity index (χ2v) is 4.96. The van der Waals surface area contributed by atoms with Crippen LogP contribution in [0.2, 0.25) is 0 Å². The molecule has 2 aliphatic rings.